The van der Waals surface area contributed by atoms with E-state index in [-0.39, 0.29) is 0 Å². The first-order chi connectivity index (χ1) is 5.42. The Morgan fingerprint density at radius 3 is 3.09 bits per heavy atom. The van der Waals surface area contributed by atoms with Crippen LogP contribution in [0.15, 0.2) is 0 Å². The zero-order chi connectivity index (χ0) is 7.68. The van der Waals surface area contributed by atoms with Crippen molar-refractivity contribution in [1.29, 1.82) is 0 Å². The van der Waals surface area contributed by atoms with Gasteiger partial charge in [0.25, 0.3) is 0 Å². The molecule has 0 N–H and O–H groups in total. The second kappa shape index (κ2) is 2.94. The van der Waals surface area contributed by atoms with Crippen molar-refractivity contribution in [3.8, 4) is 0 Å². The van der Waals surface area contributed by atoms with E-state index in [1.54, 1.807) is 0 Å². The maximum atomic E-state index is 10.3. The number of hydrogen-bond donors (Lipinski definition) is 0. The Morgan fingerprint density at radius 2 is 2.27 bits per heavy atom. The molecule has 0 aromatic rings. The summed E-state index contributed by atoms with van der Waals surface area (Å²) in [5, 5.41) is 0. The zero-order valence-electron chi connectivity index (χ0n) is 6.83. The number of nitrogens with zero attached hydrogens (tertiary/aromatic N) is 1. The summed E-state index contributed by atoms with van der Waals surface area (Å²) < 4.78 is 0. The van der Waals surface area contributed by atoms with Crippen molar-refractivity contribution in [2.45, 2.75) is 31.7 Å². The summed E-state index contributed by atoms with van der Waals surface area (Å²) >= 11 is 0. The molecule has 0 aromatic heterocycles. The fourth-order valence-electron chi connectivity index (χ4n) is 2.65. The Bertz CT molecular complexity index is 158. The van der Waals surface area contributed by atoms with Gasteiger partial charge in [-0.25, -0.2) is 0 Å². The number of likely N-dealkylation sites (tertiary alicyclic amines) is 1. The maximum Gasteiger partial charge on any atom is 0.133 e. The van der Waals surface area contributed by atoms with Crippen LogP contribution < -0.4 is 0 Å². The van der Waals surface area contributed by atoms with E-state index in [0.717, 1.165) is 24.8 Å². The highest BCUT2D eigenvalue weighted by Crippen LogP contribution is 2.37. The molecule has 0 spiro atoms. The number of aldehydes is 1. The van der Waals surface area contributed by atoms with Crippen LogP contribution in [0, 0.1) is 5.92 Å². The molecule has 2 unspecified atom stereocenters. The van der Waals surface area contributed by atoms with Crippen LogP contribution in [0.25, 0.3) is 0 Å². The average Bonchev–Trinajstić information content (AvgIpc) is 2.53. The number of fused-ring (bicyclic) bond motifs is 1. The second-order valence-corrected chi connectivity index (χ2v) is 3.71. The first-order valence-electron chi connectivity index (χ1n) is 4.59. The monoisotopic (exact) mass is 153 g/mol. The van der Waals surface area contributed by atoms with Gasteiger partial charge in [0.15, 0.2) is 0 Å². The third-order valence-corrected chi connectivity index (χ3v) is 3.18. The Hall–Kier alpha value is -0.370. The van der Waals surface area contributed by atoms with Gasteiger partial charge in [-0.3, -0.25) is 4.90 Å². The Morgan fingerprint density at radius 1 is 1.36 bits per heavy atom. The molecule has 0 aromatic carbocycles. The van der Waals surface area contributed by atoms with E-state index in [9.17, 15) is 4.79 Å². The van der Waals surface area contributed by atoms with E-state index in [4.69, 9.17) is 0 Å². The topological polar surface area (TPSA) is 20.3 Å². The van der Waals surface area contributed by atoms with Crippen molar-refractivity contribution in [3.05, 3.63) is 0 Å². The predicted molar refractivity (Wildman–Crippen MR) is 43.4 cm³/mol. The molecule has 0 amide bonds. The molecule has 2 aliphatic rings. The summed E-state index contributed by atoms with van der Waals surface area (Å²) in [5.41, 5.74) is 0. The van der Waals surface area contributed by atoms with Gasteiger partial charge >= 0.3 is 0 Å². The summed E-state index contributed by atoms with van der Waals surface area (Å²) in [6, 6.07) is 0.764. The van der Waals surface area contributed by atoms with Crippen LogP contribution in [0.5, 0.6) is 0 Å². The highest BCUT2D eigenvalue weighted by molar-refractivity contribution is 5.52. The molecular weight excluding hydrogens is 138 g/mol. The molecule has 2 atom stereocenters. The standard InChI is InChI=1S/C9H15NO/c11-7-6-10-5-4-8-2-1-3-9(8)10/h7-9H,1-6H2. The van der Waals surface area contributed by atoms with Gasteiger partial charge < -0.3 is 4.79 Å². The molecular formula is C9H15NO. The van der Waals surface area contributed by atoms with Crippen molar-refractivity contribution in [2.75, 3.05) is 13.1 Å². The summed E-state index contributed by atoms with van der Waals surface area (Å²) in [4.78, 5) is 12.7. The van der Waals surface area contributed by atoms with Gasteiger partial charge in [0, 0.05) is 6.04 Å². The van der Waals surface area contributed by atoms with Crippen LogP contribution in [0.1, 0.15) is 25.7 Å². The fraction of sp³-hybridized carbons (Fsp3) is 0.889. The molecule has 0 radical (unpaired) electrons. The van der Waals surface area contributed by atoms with E-state index >= 15 is 0 Å². The van der Waals surface area contributed by atoms with Crippen molar-refractivity contribution in [3.63, 3.8) is 0 Å². The van der Waals surface area contributed by atoms with Gasteiger partial charge in [-0.15, -0.1) is 0 Å². The lowest BCUT2D eigenvalue weighted by molar-refractivity contribution is -0.109. The molecule has 62 valence electrons. The first kappa shape index (κ1) is 7.29. The van der Waals surface area contributed by atoms with Gasteiger partial charge in [0.05, 0.1) is 6.54 Å². The molecule has 2 rings (SSSR count). The minimum Gasteiger partial charge on any atom is -0.302 e. The minimum atomic E-state index is 0.668. The normalized spacial score (nSPS) is 37.5. The van der Waals surface area contributed by atoms with Gasteiger partial charge in [-0.05, 0) is 31.7 Å². The molecule has 11 heavy (non-hydrogen) atoms. The third-order valence-electron chi connectivity index (χ3n) is 3.18. The molecule has 1 aliphatic heterocycles. The fourth-order valence-corrected chi connectivity index (χ4v) is 2.65. The van der Waals surface area contributed by atoms with Crippen molar-refractivity contribution >= 4 is 6.29 Å². The van der Waals surface area contributed by atoms with Crippen LogP contribution in [0.3, 0.4) is 0 Å². The van der Waals surface area contributed by atoms with Gasteiger partial charge in [0.1, 0.15) is 6.29 Å². The predicted octanol–water partition coefficient (Wildman–Crippen LogP) is 1.06. The molecule has 1 saturated carbocycles. The molecule has 2 fully saturated rings. The first-order valence-corrected chi connectivity index (χ1v) is 4.59. The molecule has 1 saturated heterocycles. The van der Waals surface area contributed by atoms with Gasteiger partial charge in [-0.1, -0.05) is 6.42 Å². The van der Waals surface area contributed by atoms with Gasteiger partial charge in [0.2, 0.25) is 0 Å². The van der Waals surface area contributed by atoms with Gasteiger partial charge in [-0.2, -0.15) is 0 Å². The number of carbonyl (C=O) groups excluding carboxylic acids is 1. The van der Waals surface area contributed by atoms with Crippen LogP contribution >= 0.6 is 0 Å². The van der Waals surface area contributed by atoms with Crippen LogP contribution in [0.4, 0.5) is 0 Å². The lowest BCUT2D eigenvalue weighted by Crippen LogP contribution is -2.31. The Balaban J connectivity index is 1.97. The van der Waals surface area contributed by atoms with Crippen molar-refractivity contribution in [2.24, 2.45) is 5.92 Å². The molecule has 1 aliphatic carbocycles. The van der Waals surface area contributed by atoms with E-state index in [2.05, 4.69) is 4.90 Å². The van der Waals surface area contributed by atoms with E-state index in [1.807, 2.05) is 0 Å². The highest BCUT2D eigenvalue weighted by Gasteiger charge is 2.36. The lowest BCUT2D eigenvalue weighted by Gasteiger charge is -2.20. The zero-order valence-corrected chi connectivity index (χ0v) is 6.83. The third kappa shape index (κ3) is 1.20. The number of hydrogen-bond acceptors (Lipinski definition) is 2. The van der Waals surface area contributed by atoms with E-state index in [1.165, 1.54) is 25.7 Å². The number of rotatable bonds is 2. The SMILES string of the molecule is O=CCN1CCC2CCCC21. The van der Waals surface area contributed by atoms with Crippen LogP contribution in [-0.2, 0) is 4.79 Å². The molecule has 2 nitrogen and oxygen atoms in total. The Kier molecular flexibility index (Phi) is 1.95. The summed E-state index contributed by atoms with van der Waals surface area (Å²) in [5.74, 6) is 0.926. The van der Waals surface area contributed by atoms with Crippen molar-refractivity contribution < 1.29 is 4.79 Å². The van der Waals surface area contributed by atoms with Crippen LogP contribution in [0.2, 0.25) is 0 Å². The smallest absolute Gasteiger partial charge is 0.133 e. The summed E-state index contributed by atoms with van der Waals surface area (Å²) in [7, 11) is 0. The minimum absolute atomic E-state index is 0.668. The summed E-state index contributed by atoms with van der Waals surface area (Å²) in [6.07, 6.45) is 6.49. The summed E-state index contributed by atoms with van der Waals surface area (Å²) in [6.45, 7) is 1.83. The van der Waals surface area contributed by atoms with Crippen LogP contribution in [-0.4, -0.2) is 30.3 Å². The average molecular weight is 153 g/mol. The molecule has 0 bridgehead atoms. The molecule has 2 heteroatoms. The highest BCUT2D eigenvalue weighted by atomic mass is 16.1. The maximum absolute atomic E-state index is 10.3. The largest absolute Gasteiger partial charge is 0.302 e. The quantitative estimate of drug-likeness (QED) is 0.553. The van der Waals surface area contributed by atoms with E-state index < -0.39 is 0 Å². The Labute approximate surface area is 67.6 Å². The lowest BCUT2D eigenvalue weighted by atomic mass is 10.1. The van der Waals surface area contributed by atoms with Crippen molar-refractivity contribution in [1.82, 2.24) is 4.90 Å². The van der Waals surface area contributed by atoms with E-state index in [0.29, 0.717) is 6.54 Å². The molecule has 1 heterocycles. The number of carbonyl (C=O) groups is 1. The second-order valence-electron chi connectivity index (χ2n) is 3.71.